The minimum atomic E-state index is -4.41. The van der Waals surface area contributed by atoms with Crippen molar-refractivity contribution in [2.75, 3.05) is 0 Å². The maximum atomic E-state index is 12.9. The Hall–Kier alpha value is -3.58. The highest BCUT2D eigenvalue weighted by molar-refractivity contribution is 6.31. The Kier molecular flexibility index (Phi) is 5.29. The Labute approximate surface area is 180 Å². The summed E-state index contributed by atoms with van der Waals surface area (Å²) in [6.07, 6.45) is -1.64. The fourth-order valence-corrected chi connectivity index (χ4v) is 3.52. The van der Waals surface area contributed by atoms with E-state index in [1.54, 1.807) is 29.0 Å². The summed E-state index contributed by atoms with van der Waals surface area (Å²) in [6.45, 7) is 0. The van der Waals surface area contributed by atoms with Gasteiger partial charge in [-0.2, -0.15) is 18.3 Å². The topological polar surface area (TPSA) is 60.9 Å². The molecule has 4 rings (SSSR count). The molecule has 0 spiro atoms. The Bertz CT molecular complexity index is 1310. The van der Waals surface area contributed by atoms with E-state index in [0.29, 0.717) is 27.5 Å². The molecule has 1 aromatic heterocycles. The number of nitrogens with two attached hydrogens (primary N) is 1. The molecule has 0 bridgehead atoms. The van der Waals surface area contributed by atoms with E-state index in [1.807, 2.05) is 24.3 Å². The number of carbonyl (C=O) groups is 1. The molecule has 156 valence electrons. The van der Waals surface area contributed by atoms with Gasteiger partial charge >= 0.3 is 6.18 Å². The number of carbonyl (C=O) groups excluding carboxylic acids is 1. The van der Waals surface area contributed by atoms with Crippen LogP contribution in [0.3, 0.4) is 0 Å². The summed E-state index contributed by atoms with van der Waals surface area (Å²) in [5, 5.41) is 5.86. The lowest BCUT2D eigenvalue weighted by Gasteiger charge is -2.07. The lowest BCUT2D eigenvalue weighted by molar-refractivity contribution is -0.137. The molecule has 0 atom stereocenters. The zero-order valence-electron chi connectivity index (χ0n) is 15.9. The third kappa shape index (κ3) is 4.32. The number of primary amides is 1. The highest BCUT2D eigenvalue weighted by Gasteiger charge is 2.30. The second-order valence-corrected chi connectivity index (χ2v) is 7.27. The van der Waals surface area contributed by atoms with Gasteiger partial charge in [0, 0.05) is 22.0 Å². The van der Waals surface area contributed by atoms with Crippen molar-refractivity contribution < 1.29 is 18.0 Å². The van der Waals surface area contributed by atoms with Crippen molar-refractivity contribution in [1.29, 1.82) is 0 Å². The summed E-state index contributed by atoms with van der Waals surface area (Å²) in [5.41, 5.74) is 7.57. The van der Waals surface area contributed by atoms with E-state index >= 15 is 0 Å². The maximum absolute atomic E-state index is 12.9. The summed E-state index contributed by atoms with van der Waals surface area (Å²) in [4.78, 5) is 11.0. The summed E-state index contributed by atoms with van der Waals surface area (Å²) < 4.78 is 40.4. The Morgan fingerprint density at radius 3 is 2.42 bits per heavy atom. The molecule has 0 unspecified atom stereocenters. The van der Waals surface area contributed by atoms with Crippen molar-refractivity contribution in [3.05, 3.63) is 89.0 Å². The van der Waals surface area contributed by atoms with Crippen molar-refractivity contribution in [3.8, 4) is 16.9 Å². The van der Waals surface area contributed by atoms with Gasteiger partial charge in [-0.15, -0.1) is 0 Å². The van der Waals surface area contributed by atoms with Gasteiger partial charge in [0.1, 0.15) is 5.69 Å². The molecular weight excluding hydrogens is 427 g/mol. The van der Waals surface area contributed by atoms with Crippen molar-refractivity contribution in [3.63, 3.8) is 0 Å². The molecule has 0 fully saturated rings. The van der Waals surface area contributed by atoms with Crippen LogP contribution >= 0.6 is 11.6 Å². The monoisotopic (exact) mass is 441 g/mol. The number of hydrogen-bond donors (Lipinski definition) is 1. The Morgan fingerprint density at radius 2 is 1.74 bits per heavy atom. The van der Waals surface area contributed by atoms with Crippen LogP contribution in [-0.2, 0) is 11.0 Å². The lowest BCUT2D eigenvalue weighted by Crippen LogP contribution is -2.05. The number of aromatic nitrogens is 2. The summed E-state index contributed by atoms with van der Waals surface area (Å²) in [6, 6.07) is 17.4. The quantitative estimate of drug-likeness (QED) is 0.403. The molecule has 0 aliphatic heterocycles. The van der Waals surface area contributed by atoms with Crippen molar-refractivity contribution in [2.45, 2.75) is 6.18 Å². The first kappa shape index (κ1) is 20.7. The normalized spacial score (nSPS) is 12.0. The van der Waals surface area contributed by atoms with Crippen molar-refractivity contribution >= 4 is 34.5 Å². The molecule has 4 nitrogen and oxygen atoms in total. The van der Waals surface area contributed by atoms with Gasteiger partial charge in [0.15, 0.2) is 0 Å². The van der Waals surface area contributed by atoms with Crippen molar-refractivity contribution in [1.82, 2.24) is 9.78 Å². The smallest absolute Gasteiger partial charge is 0.366 e. The number of hydrogen-bond acceptors (Lipinski definition) is 2. The molecule has 8 heteroatoms. The molecule has 0 saturated carbocycles. The van der Waals surface area contributed by atoms with Gasteiger partial charge in [-0.1, -0.05) is 41.9 Å². The van der Waals surface area contributed by atoms with Gasteiger partial charge < -0.3 is 5.73 Å². The molecule has 3 aromatic carbocycles. The summed E-state index contributed by atoms with van der Waals surface area (Å²) >= 11 is 6.25. The van der Waals surface area contributed by atoms with E-state index in [-0.39, 0.29) is 0 Å². The zero-order chi connectivity index (χ0) is 22.2. The van der Waals surface area contributed by atoms with Gasteiger partial charge in [-0.05, 0) is 48.0 Å². The zero-order valence-corrected chi connectivity index (χ0v) is 16.7. The van der Waals surface area contributed by atoms with E-state index in [4.69, 9.17) is 17.3 Å². The number of nitrogens with zero attached hydrogens (tertiary/aromatic N) is 2. The highest BCUT2D eigenvalue weighted by atomic mass is 35.5. The first-order valence-electron chi connectivity index (χ1n) is 9.16. The molecule has 1 amide bonds. The fourth-order valence-electron chi connectivity index (χ4n) is 3.29. The first-order valence-corrected chi connectivity index (χ1v) is 9.54. The summed E-state index contributed by atoms with van der Waals surface area (Å²) in [7, 11) is 0. The number of alkyl halides is 3. The lowest BCUT2D eigenvalue weighted by atomic mass is 10.1. The number of amides is 1. The number of benzene rings is 3. The van der Waals surface area contributed by atoms with Crippen LogP contribution in [0, 0.1) is 0 Å². The van der Waals surface area contributed by atoms with Gasteiger partial charge in [-0.25, -0.2) is 4.68 Å². The van der Waals surface area contributed by atoms with Crippen LogP contribution in [-0.4, -0.2) is 15.7 Å². The van der Waals surface area contributed by atoms with Crippen LogP contribution in [0.1, 0.15) is 11.1 Å². The van der Waals surface area contributed by atoms with Gasteiger partial charge in [0.25, 0.3) is 0 Å². The Balaban J connectivity index is 1.86. The van der Waals surface area contributed by atoms with Crippen LogP contribution in [0.4, 0.5) is 13.2 Å². The van der Waals surface area contributed by atoms with Gasteiger partial charge in [0.05, 0.1) is 16.8 Å². The highest BCUT2D eigenvalue weighted by Crippen LogP contribution is 2.34. The minimum Gasteiger partial charge on any atom is -0.366 e. The van der Waals surface area contributed by atoms with E-state index in [2.05, 4.69) is 5.10 Å². The van der Waals surface area contributed by atoms with E-state index < -0.39 is 17.6 Å². The second kappa shape index (κ2) is 7.92. The van der Waals surface area contributed by atoms with Crippen LogP contribution < -0.4 is 5.73 Å². The number of para-hydroxylation sites is 1. The largest absolute Gasteiger partial charge is 0.416 e. The van der Waals surface area contributed by atoms with Gasteiger partial charge in [0.2, 0.25) is 5.91 Å². The molecule has 0 saturated heterocycles. The van der Waals surface area contributed by atoms with E-state index in [9.17, 15) is 18.0 Å². The molecular formula is C23H15ClF3N3O. The Morgan fingerprint density at radius 1 is 1.03 bits per heavy atom. The van der Waals surface area contributed by atoms with Crippen LogP contribution in [0.2, 0.25) is 5.02 Å². The van der Waals surface area contributed by atoms with Crippen LogP contribution in [0.25, 0.3) is 33.9 Å². The van der Waals surface area contributed by atoms with E-state index in [1.165, 1.54) is 18.2 Å². The fraction of sp³-hybridized carbons (Fsp3) is 0.0435. The predicted molar refractivity (Wildman–Crippen MR) is 115 cm³/mol. The van der Waals surface area contributed by atoms with Crippen LogP contribution in [0.15, 0.2) is 72.8 Å². The molecule has 1 heterocycles. The third-order valence-electron chi connectivity index (χ3n) is 4.66. The van der Waals surface area contributed by atoms with Crippen LogP contribution in [0.5, 0.6) is 0 Å². The van der Waals surface area contributed by atoms with Crippen molar-refractivity contribution in [2.24, 2.45) is 5.73 Å². The molecule has 31 heavy (non-hydrogen) atoms. The second-order valence-electron chi connectivity index (χ2n) is 6.83. The molecule has 0 aliphatic rings. The molecule has 0 radical (unpaired) electrons. The predicted octanol–water partition coefficient (Wildman–Crippen LogP) is 5.86. The average molecular weight is 442 g/mol. The SMILES string of the molecule is NC(=O)C=Cc1cc(Cl)cc(-n2nc(-c3ccc(C(F)(F)F)cc3)c3ccccc32)c1. The molecule has 2 N–H and O–H groups in total. The minimum absolute atomic E-state index is 0.428. The molecule has 0 aliphatic carbocycles. The van der Waals surface area contributed by atoms with Gasteiger partial charge in [-0.3, -0.25) is 4.79 Å². The molecule has 4 aromatic rings. The maximum Gasteiger partial charge on any atom is 0.416 e. The number of fused-ring (bicyclic) bond motifs is 1. The first-order chi connectivity index (χ1) is 14.7. The third-order valence-corrected chi connectivity index (χ3v) is 4.88. The average Bonchev–Trinajstić information content (AvgIpc) is 3.11. The number of halogens is 4. The van der Waals surface area contributed by atoms with E-state index in [0.717, 1.165) is 23.0 Å². The number of rotatable bonds is 4. The summed E-state index contributed by atoms with van der Waals surface area (Å²) in [5.74, 6) is -0.587. The standard InChI is InChI=1S/C23H15ClF3N3O/c24-17-11-14(5-10-21(28)31)12-18(13-17)30-20-4-2-1-3-19(20)22(29-30)15-6-8-16(9-7-15)23(25,26)27/h1-13H,(H2,28,31).